The van der Waals surface area contributed by atoms with Gasteiger partial charge in [-0.15, -0.1) is 11.8 Å². The van der Waals surface area contributed by atoms with Crippen LogP contribution in [-0.2, 0) is 0 Å². The van der Waals surface area contributed by atoms with Crippen LogP contribution in [0.5, 0.6) is 0 Å². The van der Waals surface area contributed by atoms with Gasteiger partial charge in [0.25, 0.3) is 0 Å². The molecule has 0 atom stereocenters. The molecule has 2 aromatic rings. The Morgan fingerprint density at radius 2 is 2.19 bits per heavy atom. The van der Waals surface area contributed by atoms with E-state index in [4.69, 9.17) is 5.26 Å². The molecule has 0 fully saturated rings. The van der Waals surface area contributed by atoms with Gasteiger partial charge in [-0.1, -0.05) is 0 Å². The molecule has 4 heteroatoms. The van der Waals surface area contributed by atoms with Gasteiger partial charge in [-0.25, -0.2) is 4.98 Å². The number of thioether (sulfide) groups is 1. The standard InChI is InChI=1S/C12H9N3S/c1-16-12-9(7-13)4-5-11(15-12)10-3-2-6-14-8-10/h2-6,8H,1H3. The van der Waals surface area contributed by atoms with Gasteiger partial charge in [0.2, 0.25) is 0 Å². The highest BCUT2D eigenvalue weighted by atomic mass is 32.2. The van der Waals surface area contributed by atoms with Gasteiger partial charge in [0.15, 0.2) is 0 Å². The summed E-state index contributed by atoms with van der Waals surface area (Å²) in [5, 5.41) is 9.65. The van der Waals surface area contributed by atoms with Crippen molar-refractivity contribution in [1.82, 2.24) is 9.97 Å². The Labute approximate surface area is 98.2 Å². The van der Waals surface area contributed by atoms with Crippen molar-refractivity contribution in [2.45, 2.75) is 5.03 Å². The summed E-state index contributed by atoms with van der Waals surface area (Å²) in [5.74, 6) is 0. The third-order valence-electron chi connectivity index (χ3n) is 2.13. The van der Waals surface area contributed by atoms with Crippen molar-refractivity contribution in [3.05, 3.63) is 42.2 Å². The van der Waals surface area contributed by atoms with Gasteiger partial charge in [-0.3, -0.25) is 4.98 Å². The van der Waals surface area contributed by atoms with Gasteiger partial charge in [0, 0.05) is 18.0 Å². The van der Waals surface area contributed by atoms with E-state index in [1.54, 1.807) is 18.5 Å². The van der Waals surface area contributed by atoms with E-state index in [1.165, 1.54) is 11.8 Å². The second-order valence-corrected chi connectivity index (χ2v) is 3.90. The zero-order valence-electron chi connectivity index (χ0n) is 8.71. The monoisotopic (exact) mass is 227 g/mol. The van der Waals surface area contributed by atoms with E-state index in [-0.39, 0.29) is 0 Å². The Bertz CT molecular complexity index is 532. The topological polar surface area (TPSA) is 49.6 Å². The first-order chi connectivity index (χ1) is 7.85. The first-order valence-electron chi connectivity index (χ1n) is 4.70. The van der Waals surface area contributed by atoms with Crippen molar-refractivity contribution in [3.63, 3.8) is 0 Å². The third kappa shape index (κ3) is 2.05. The van der Waals surface area contributed by atoms with E-state index in [2.05, 4.69) is 16.0 Å². The van der Waals surface area contributed by atoms with Crippen LogP contribution >= 0.6 is 11.8 Å². The summed E-state index contributed by atoms with van der Waals surface area (Å²) in [7, 11) is 0. The molecule has 0 spiro atoms. The van der Waals surface area contributed by atoms with E-state index in [0.717, 1.165) is 16.3 Å². The quantitative estimate of drug-likeness (QED) is 0.740. The maximum Gasteiger partial charge on any atom is 0.114 e. The fourth-order valence-electron chi connectivity index (χ4n) is 1.36. The van der Waals surface area contributed by atoms with Gasteiger partial charge in [-0.05, 0) is 30.5 Å². The first kappa shape index (κ1) is 10.7. The second kappa shape index (κ2) is 4.77. The largest absolute Gasteiger partial charge is 0.264 e. The molecule has 0 bridgehead atoms. The molecule has 78 valence electrons. The zero-order valence-corrected chi connectivity index (χ0v) is 9.53. The molecular weight excluding hydrogens is 218 g/mol. The molecule has 0 saturated carbocycles. The molecule has 3 nitrogen and oxygen atoms in total. The van der Waals surface area contributed by atoms with Crippen molar-refractivity contribution >= 4 is 11.8 Å². The van der Waals surface area contributed by atoms with Gasteiger partial charge < -0.3 is 0 Å². The highest BCUT2D eigenvalue weighted by molar-refractivity contribution is 7.98. The molecule has 0 aliphatic heterocycles. The van der Waals surface area contributed by atoms with Gasteiger partial charge >= 0.3 is 0 Å². The molecule has 0 radical (unpaired) electrons. The Morgan fingerprint density at radius 1 is 1.31 bits per heavy atom. The fourth-order valence-corrected chi connectivity index (χ4v) is 1.88. The average molecular weight is 227 g/mol. The average Bonchev–Trinajstić information content (AvgIpc) is 2.39. The lowest BCUT2D eigenvalue weighted by atomic mass is 10.2. The summed E-state index contributed by atoms with van der Waals surface area (Å²) in [6.45, 7) is 0. The van der Waals surface area contributed by atoms with Crippen molar-refractivity contribution in [3.8, 4) is 17.3 Å². The van der Waals surface area contributed by atoms with E-state index < -0.39 is 0 Å². The lowest BCUT2D eigenvalue weighted by Gasteiger charge is -2.03. The molecule has 2 aromatic heterocycles. The van der Waals surface area contributed by atoms with Crippen LogP contribution in [0.25, 0.3) is 11.3 Å². The van der Waals surface area contributed by atoms with Gasteiger partial charge in [-0.2, -0.15) is 5.26 Å². The van der Waals surface area contributed by atoms with E-state index in [0.29, 0.717) is 5.56 Å². The number of pyridine rings is 2. The fraction of sp³-hybridized carbons (Fsp3) is 0.0833. The third-order valence-corrected chi connectivity index (χ3v) is 2.83. The summed E-state index contributed by atoms with van der Waals surface area (Å²) in [6.07, 6.45) is 5.40. The zero-order chi connectivity index (χ0) is 11.4. The molecule has 16 heavy (non-hydrogen) atoms. The normalized spacial score (nSPS) is 9.75. The van der Waals surface area contributed by atoms with Crippen LogP contribution in [0, 0.1) is 11.3 Å². The van der Waals surface area contributed by atoms with E-state index in [1.807, 2.05) is 24.5 Å². The predicted molar refractivity (Wildman–Crippen MR) is 64.0 cm³/mol. The Hall–Kier alpha value is -1.86. The number of nitrogens with zero attached hydrogens (tertiary/aromatic N) is 3. The van der Waals surface area contributed by atoms with Crippen LogP contribution in [0.3, 0.4) is 0 Å². The highest BCUT2D eigenvalue weighted by Gasteiger charge is 2.05. The van der Waals surface area contributed by atoms with Crippen LogP contribution in [0.1, 0.15) is 5.56 Å². The molecule has 0 saturated heterocycles. The molecule has 0 N–H and O–H groups in total. The van der Waals surface area contributed by atoms with Crippen molar-refractivity contribution in [1.29, 1.82) is 5.26 Å². The minimum Gasteiger partial charge on any atom is -0.264 e. The van der Waals surface area contributed by atoms with E-state index >= 15 is 0 Å². The lowest BCUT2D eigenvalue weighted by Crippen LogP contribution is -1.90. The van der Waals surface area contributed by atoms with Crippen LogP contribution in [0.4, 0.5) is 0 Å². The predicted octanol–water partition coefficient (Wildman–Crippen LogP) is 2.74. The summed E-state index contributed by atoms with van der Waals surface area (Å²) >= 11 is 1.47. The molecular formula is C12H9N3S. The summed E-state index contributed by atoms with van der Waals surface area (Å²) in [4.78, 5) is 8.48. The summed E-state index contributed by atoms with van der Waals surface area (Å²) < 4.78 is 0. The molecule has 0 aromatic carbocycles. The van der Waals surface area contributed by atoms with Gasteiger partial charge in [0.1, 0.15) is 11.1 Å². The molecule has 0 aliphatic rings. The van der Waals surface area contributed by atoms with Crippen LogP contribution in [0.15, 0.2) is 41.7 Å². The van der Waals surface area contributed by atoms with Crippen molar-refractivity contribution in [2.75, 3.05) is 6.26 Å². The van der Waals surface area contributed by atoms with Gasteiger partial charge in [0.05, 0.1) is 11.3 Å². The molecule has 0 amide bonds. The summed E-state index contributed by atoms with van der Waals surface area (Å²) in [6, 6.07) is 9.58. The van der Waals surface area contributed by atoms with Crippen LogP contribution < -0.4 is 0 Å². The number of nitriles is 1. The van der Waals surface area contributed by atoms with Crippen molar-refractivity contribution < 1.29 is 0 Å². The highest BCUT2D eigenvalue weighted by Crippen LogP contribution is 2.22. The Kier molecular flexibility index (Phi) is 3.18. The molecule has 0 aliphatic carbocycles. The second-order valence-electron chi connectivity index (χ2n) is 3.11. The Morgan fingerprint density at radius 3 is 2.81 bits per heavy atom. The number of hydrogen-bond donors (Lipinski definition) is 0. The number of rotatable bonds is 2. The van der Waals surface area contributed by atoms with E-state index in [9.17, 15) is 0 Å². The summed E-state index contributed by atoms with van der Waals surface area (Å²) in [5.41, 5.74) is 2.42. The Balaban J connectivity index is 2.49. The SMILES string of the molecule is CSc1nc(-c2cccnc2)ccc1C#N. The molecule has 0 unspecified atom stereocenters. The smallest absolute Gasteiger partial charge is 0.114 e. The van der Waals surface area contributed by atoms with Crippen molar-refractivity contribution in [2.24, 2.45) is 0 Å². The number of hydrogen-bond acceptors (Lipinski definition) is 4. The molecule has 2 heterocycles. The minimum absolute atomic E-state index is 0.611. The lowest BCUT2D eigenvalue weighted by molar-refractivity contribution is 1.12. The number of aromatic nitrogens is 2. The minimum atomic E-state index is 0.611. The maximum absolute atomic E-state index is 8.90. The van der Waals surface area contributed by atoms with Crippen LogP contribution in [0.2, 0.25) is 0 Å². The first-order valence-corrected chi connectivity index (χ1v) is 5.93. The van der Waals surface area contributed by atoms with Crippen LogP contribution in [-0.4, -0.2) is 16.2 Å². The maximum atomic E-state index is 8.90. The molecule has 2 rings (SSSR count).